The van der Waals surface area contributed by atoms with E-state index >= 15 is 0 Å². The second-order valence-electron chi connectivity index (χ2n) is 5.54. The Labute approximate surface area is 138 Å². The second kappa shape index (κ2) is 6.98. The van der Waals surface area contributed by atoms with Crippen LogP contribution in [-0.2, 0) is 0 Å². The summed E-state index contributed by atoms with van der Waals surface area (Å²) in [4.78, 5) is 12.1. The van der Waals surface area contributed by atoms with Crippen molar-refractivity contribution in [2.24, 2.45) is 5.41 Å². The molecule has 0 atom stereocenters. The van der Waals surface area contributed by atoms with Crippen LogP contribution in [0, 0.1) is 8.99 Å². The summed E-state index contributed by atoms with van der Waals surface area (Å²) in [6.07, 6.45) is 5.79. The van der Waals surface area contributed by atoms with Crippen molar-refractivity contribution in [2.45, 2.75) is 32.1 Å². The molecule has 5 heteroatoms. The van der Waals surface area contributed by atoms with Gasteiger partial charge in [-0.25, -0.2) is 0 Å². The zero-order chi connectivity index (χ0) is 14.6. The van der Waals surface area contributed by atoms with Gasteiger partial charge in [-0.2, -0.15) is 0 Å². The van der Waals surface area contributed by atoms with Crippen LogP contribution in [0.15, 0.2) is 18.2 Å². The second-order valence-corrected chi connectivity index (χ2v) is 6.97. The van der Waals surface area contributed by atoms with Crippen LogP contribution < -0.4 is 5.32 Å². The summed E-state index contributed by atoms with van der Waals surface area (Å²) in [6, 6.07) is 4.97. The highest BCUT2D eigenvalue weighted by Gasteiger charge is 2.31. The molecular weight excluding hydrogens is 389 g/mol. The standard InChI is InChI=1S/C15H19ClINO2/c16-9-15(6-2-1-3-7-15)10-18-14(20)11-4-5-12(17)13(19)8-11/h4-5,8,19H,1-3,6-7,9-10H2,(H,18,20). The molecule has 2 N–H and O–H groups in total. The highest BCUT2D eigenvalue weighted by atomic mass is 127. The lowest BCUT2D eigenvalue weighted by Crippen LogP contribution is -2.40. The number of phenolic OH excluding ortho intramolecular Hbond substituents is 1. The lowest BCUT2D eigenvalue weighted by atomic mass is 9.75. The largest absolute Gasteiger partial charge is 0.507 e. The number of phenols is 1. The third-order valence-electron chi connectivity index (χ3n) is 4.03. The number of aromatic hydroxyl groups is 1. The van der Waals surface area contributed by atoms with E-state index < -0.39 is 0 Å². The Morgan fingerprint density at radius 2 is 2.05 bits per heavy atom. The number of halogens is 2. The number of alkyl halides is 1. The predicted octanol–water partition coefficient (Wildman–Crippen LogP) is 3.92. The van der Waals surface area contributed by atoms with Gasteiger partial charge in [0, 0.05) is 23.4 Å². The molecule has 1 fully saturated rings. The minimum Gasteiger partial charge on any atom is -0.507 e. The van der Waals surface area contributed by atoms with Crippen LogP contribution in [0.1, 0.15) is 42.5 Å². The van der Waals surface area contributed by atoms with Crippen molar-refractivity contribution in [3.63, 3.8) is 0 Å². The molecule has 0 radical (unpaired) electrons. The smallest absolute Gasteiger partial charge is 0.251 e. The highest BCUT2D eigenvalue weighted by Crippen LogP contribution is 2.36. The average Bonchev–Trinajstić information content (AvgIpc) is 2.48. The number of carbonyl (C=O) groups excluding carboxylic acids is 1. The minimum absolute atomic E-state index is 0.0424. The molecule has 1 amide bonds. The maximum absolute atomic E-state index is 12.1. The van der Waals surface area contributed by atoms with E-state index in [4.69, 9.17) is 11.6 Å². The van der Waals surface area contributed by atoms with Crippen LogP contribution in [0.3, 0.4) is 0 Å². The first-order valence-corrected chi connectivity index (χ1v) is 8.50. The van der Waals surface area contributed by atoms with E-state index in [1.165, 1.54) is 25.3 Å². The molecule has 1 saturated carbocycles. The Morgan fingerprint density at radius 3 is 2.65 bits per heavy atom. The molecule has 1 aromatic carbocycles. The van der Waals surface area contributed by atoms with Gasteiger partial charge in [0.15, 0.2) is 0 Å². The number of rotatable bonds is 4. The normalized spacial score (nSPS) is 17.7. The molecule has 0 heterocycles. The van der Waals surface area contributed by atoms with Crippen molar-refractivity contribution < 1.29 is 9.90 Å². The first kappa shape index (κ1) is 15.9. The van der Waals surface area contributed by atoms with E-state index in [0.717, 1.165) is 16.4 Å². The summed E-state index contributed by atoms with van der Waals surface area (Å²) in [6.45, 7) is 0.613. The van der Waals surface area contributed by atoms with Crippen molar-refractivity contribution in [1.29, 1.82) is 0 Å². The summed E-state index contributed by atoms with van der Waals surface area (Å²) in [5.74, 6) is 0.584. The van der Waals surface area contributed by atoms with Gasteiger partial charge in [-0.05, 0) is 53.6 Å². The van der Waals surface area contributed by atoms with Crippen LogP contribution in [0.25, 0.3) is 0 Å². The first-order chi connectivity index (χ1) is 9.56. The molecule has 0 bridgehead atoms. The minimum atomic E-state index is -0.147. The van der Waals surface area contributed by atoms with E-state index in [0.29, 0.717) is 18.0 Å². The molecule has 1 aliphatic rings. The Hall–Kier alpha value is -0.490. The molecule has 20 heavy (non-hydrogen) atoms. The summed E-state index contributed by atoms with van der Waals surface area (Å²) in [5.41, 5.74) is 0.532. The molecule has 0 aromatic heterocycles. The molecule has 3 nitrogen and oxygen atoms in total. The Morgan fingerprint density at radius 1 is 1.35 bits per heavy atom. The Kier molecular flexibility index (Phi) is 5.55. The lowest BCUT2D eigenvalue weighted by molar-refractivity contribution is 0.0920. The van der Waals surface area contributed by atoms with Crippen LogP contribution in [-0.4, -0.2) is 23.4 Å². The molecule has 0 spiro atoms. The van der Waals surface area contributed by atoms with Crippen molar-refractivity contribution in [2.75, 3.05) is 12.4 Å². The van der Waals surface area contributed by atoms with Crippen LogP contribution in [0.2, 0.25) is 0 Å². The summed E-state index contributed by atoms with van der Waals surface area (Å²) >= 11 is 8.15. The Balaban J connectivity index is 1.98. The van der Waals surface area contributed by atoms with E-state index in [-0.39, 0.29) is 17.1 Å². The monoisotopic (exact) mass is 407 g/mol. The molecule has 0 aliphatic heterocycles. The summed E-state index contributed by atoms with van der Waals surface area (Å²) in [7, 11) is 0. The average molecular weight is 408 g/mol. The zero-order valence-corrected chi connectivity index (χ0v) is 14.2. The number of nitrogens with one attached hydrogen (secondary N) is 1. The predicted molar refractivity (Wildman–Crippen MR) is 89.4 cm³/mol. The van der Waals surface area contributed by atoms with Gasteiger partial charge < -0.3 is 10.4 Å². The van der Waals surface area contributed by atoms with E-state index in [2.05, 4.69) is 5.32 Å². The lowest BCUT2D eigenvalue weighted by Gasteiger charge is -2.35. The van der Waals surface area contributed by atoms with E-state index in [1.54, 1.807) is 12.1 Å². The number of hydrogen-bond acceptors (Lipinski definition) is 2. The molecule has 0 saturated heterocycles. The summed E-state index contributed by atoms with van der Waals surface area (Å²) < 4.78 is 0.739. The van der Waals surface area contributed by atoms with Gasteiger partial charge in [-0.15, -0.1) is 11.6 Å². The van der Waals surface area contributed by atoms with Crippen LogP contribution >= 0.6 is 34.2 Å². The quantitative estimate of drug-likeness (QED) is 0.587. The maximum Gasteiger partial charge on any atom is 0.251 e. The molecule has 110 valence electrons. The van der Waals surface area contributed by atoms with Gasteiger partial charge in [0.25, 0.3) is 5.91 Å². The van der Waals surface area contributed by atoms with Gasteiger partial charge in [0.2, 0.25) is 0 Å². The Bertz CT molecular complexity index is 487. The van der Waals surface area contributed by atoms with Gasteiger partial charge in [0.1, 0.15) is 5.75 Å². The molecule has 1 aromatic rings. The van der Waals surface area contributed by atoms with Crippen LogP contribution in [0.5, 0.6) is 5.75 Å². The van der Waals surface area contributed by atoms with Gasteiger partial charge in [-0.3, -0.25) is 4.79 Å². The van der Waals surface area contributed by atoms with Crippen molar-refractivity contribution in [1.82, 2.24) is 5.32 Å². The third-order valence-corrected chi connectivity index (χ3v) is 5.51. The van der Waals surface area contributed by atoms with Gasteiger partial charge in [0.05, 0.1) is 3.57 Å². The number of benzene rings is 1. The maximum atomic E-state index is 12.1. The van der Waals surface area contributed by atoms with E-state index in [1.807, 2.05) is 22.6 Å². The van der Waals surface area contributed by atoms with Gasteiger partial charge >= 0.3 is 0 Å². The fourth-order valence-corrected chi connectivity index (χ4v) is 3.38. The molecule has 2 rings (SSSR count). The number of amides is 1. The van der Waals surface area contributed by atoms with Crippen molar-refractivity contribution in [3.8, 4) is 5.75 Å². The topological polar surface area (TPSA) is 49.3 Å². The highest BCUT2D eigenvalue weighted by molar-refractivity contribution is 14.1. The summed E-state index contributed by atoms with van der Waals surface area (Å²) in [5, 5.41) is 12.6. The van der Waals surface area contributed by atoms with Crippen molar-refractivity contribution in [3.05, 3.63) is 27.3 Å². The first-order valence-electron chi connectivity index (χ1n) is 6.89. The van der Waals surface area contributed by atoms with Crippen molar-refractivity contribution >= 4 is 40.1 Å². The zero-order valence-electron chi connectivity index (χ0n) is 11.3. The van der Waals surface area contributed by atoms with E-state index in [9.17, 15) is 9.90 Å². The number of hydrogen-bond donors (Lipinski definition) is 2. The number of carbonyl (C=O) groups is 1. The molecule has 1 aliphatic carbocycles. The molecule has 0 unspecified atom stereocenters. The van der Waals surface area contributed by atoms with Gasteiger partial charge in [-0.1, -0.05) is 19.3 Å². The van der Waals surface area contributed by atoms with Crippen LogP contribution in [0.4, 0.5) is 0 Å². The fourth-order valence-electron chi connectivity index (χ4n) is 2.68. The SMILES string of the molecule is O=C(NCC1(CCl)CCCCC1)c1ccc(I)c(O)c1. The fraction of sp³-hybridized carbons (Fsp3) is 0.533. The third kappa shape index (κ3) is 3.79. The molecular formula is C15H19ClINO2.